The molecule has 0 atom stereocenters. The molecule has 0 aromatic rings. The van der Waals surface area contributed by atoms with E-state index in [2.05, 4.69) is 0 Å². The van der Waals surface area contributed by atoms with E-state index in [1.54, 1.807) is 0 Å². The van der Waals surface area contributed by atoms with Crippen molar-refractivity contribution in [1.29, 1.82) is 0 Å². The SMILES string of the molecule is O=CC(F)(F)C(F)(F)C(F)(F)C=O. The molecule has 0 aliphatic carbocycles. The highest BCUT2D eigenvalue weighted by molar-refractivity contribution is 5.68. The van der Waals surface area contributed by atoms with Crippen LogP contribution in [0.15, 0.2) is 0 Å². The molecule has 0 spiro atoms. The fourth-order valence-corrected chi connectivity index (χ4v) is 0.370. The zero-order valence-corrected chi connectivity index (χ0v) is 5.74. The van der Waals surface area contributed by atoms with E-state index < -0.39 is 30.3 Å². The van der Waals surface area contributed by atoms with E-state index in [4.69, 9.17) is 0 Å². The first-order valence-corrected chi connectivity index (χ1v) is 2.68. The number of alkyl halides is 6. The van der Waals surface area contributed by atoms with Crippen LogP contribution in [0.3, 0.4) is 0 Å². The van der Waals surface area contributed by atoms with Crippen LogP contribution >= 0.6 is 0 Å². The molecular weight excluding hydrogens is 206 g/mol. The van der Waals surface area contributed by atoms with Gasteiger partial charge in [-0.2, -0.15) is 26.3 Å². The Kier molecular flexibility index (Phi) is 2.75. The highest BCUT2D eigenvalue weighted by atomic mass is 19.3. The van der Waals surface area contributed by atoms with Crippen molar-refractivity contribution in [2.24, 2.45) is 0 Å². The van der Waals surface area contributed by atoms with Gasteiger partial charge in [-0.25, -0.2) is 0 Å². The third-order valence-corrected chi connectivity index (χ3v) is 1.13. The molecule has 2 nitrogen and oxygen atoms in total. The van der Waals surface area contributed by atoms with E-state index in [1.807, 2.05) is 0 Å². The van der Waals surface area contributed by atoms with Crippen molar-refractivity contribution in [3.63, 3.8) is 0 Å². The molecule has 0 amide bonds. The fourth-order valence-electron chi connectivity index (χ4n) is 0.370. The van der Waals surface area contributed by atoms with Gasteiger partial charge in [0.2, 0.25) is 0 Å². The lowest BCUT2D eigenvalue weighted by Gasteiger charge is -2.25. The van der Waals surface area contributed by atoms with Crippen LogP contribution in [0.5, 0.6) is 0 Å². The predicted octanol–water partition coefficient (Wildman–Crippen LogP) is 1.29. The number of hydrogen-bond acceptors (Lipinski definition) is 2. The summed E-state index contributed by atoms with van der Waals surface area (Å²) in [5, 5.41) is 0. The summed E-state index contributed by atoms with van der Waals surface area (Å²) in [6.07, 6.45) is -3.27. The molecule has 0 aliphatic heterocycles. The molecular formula is C5H2F6O2. The van der Waals surface area contributed by atoms with Crippen molar-refractivity contribution >= 4 is 12.6 Å². The summed E-state index contributed by atoms with van der Waals surface area (Å²) in [6.45, 7) is 0. The summed E-state index contributed by atoms with van der Waals surface area (Å²) in [5.41, 5.74) is 0. The van der Waals surface area contributed by atoms with Gasteiger partial charge >= 0.3 is 17.8 Å². The minimum absolute atomic E-state index is 1.63. The molecule has 0 fully saturated rings. The quantitative estimate of drug-likeness (QED) is 0.515. The molecule has 0 saturated heterocycles. The average Bonchev–Trinajstić information content (AvgIpc) is 2.03. The number of hydrogen-bond donors (Lipinski definition) is 0. The Morgan fingerprint density at radius 1 is 0.692 bits per heavy atom. The van der Waals surface area contributed by atoms with Gasteiger partial charge in [0.05, 0.1) is 0 Å². The van der Waals surface area contributed by atoms with Gasteiger partial charge in [0.15, 0.2) is 12.6 Å². The van der Waals surface area contributed by atoms with Crippen molar-refractivity contribution in [3.05, 3.63) is 0 Å². The van der Waals surface area contributed by atoms with E-state index in [0.29, 0.717) is 0 Å². The first-order valence-electron chi connectivity index (χ1n) is 2.68. The Morgan fingerprint density at radius 2 is 0.923 bits per heavy atom. The summed E-state index contributed by atoms with van der Waals surface area (Å²) in [6, 6.07) is 0. The van der Waals surface area contributed by atoms with Crippen LogP contribution in [0, 0.1) is 0 Å². The number of rotatable bonds is 4. The first-order chi connectivity index (χ1) is 5.62. The monoisotopic (exact) mass is 208 g/mol. The molecule has 0 heterocycles. The normalized spacial score (nSPS) is 14.0. The Hall–Kier alpha value is -1.08. The molecule has 0 rings (SSSR count). The third kappa shape index (κ3) is 1.65. The third-order valence-electron chi connectivity index (χ3n) is 1.13. The van der Waals surface area contributed by atoms with Crippen molar-refractivity contribution in [3.8, 4) is 0 Å². The van der Waals surface area contributed by atoms with Gasteiger partial charge in [-0.1, -0.05) is 0 Å². The van der Waals surface area contributed by atoms with E-state index >= 15 is 0 Å². The van der Waals surface area contributed by atoms with Gasteiger partial charge in [-0.15, -0.1) is 0 Å². The first kappa shape index (κ1) is 11.9. The lowest BCUT2D eigenvalue weighted by atomic mass is 10.1. The average molecular weight is 208 g/mol. The largest absolute Gasteiger partial charge is 0.386 e. The number of aldehydes is 2. The number of halogens is 6. The second-order valence-corrected chi connectivity index (χ2v) is 2.06. The smallest absolute Gasteiger partial charge is 0.296 e. The molecule has 0 aromatic heterocycles. The van der Waals surface area contributed by atoms with Crippen LogP contribution < -0.4 is 0 Å². The molecule has 0 aromatic carbocycles. The maximum Gasteiger partial charge on any atom is 0.386 e. The molecule has 0 radical (unpaired) electrons. The van der Waals surface area contributed by atoms with E-state index in [1.165, 1.54) is 0 Å². The zero-order valence-electron chi connectivity index (χ0n) is 5.74. The van der Waals surface area contributed by atoms with Crippen molar-refractivity contribution in [2.45, 2.75) is 17.8 Å². The maximum absolute atomic E-state index is 12.0. The van der Waals surface area contributed by atoms with Gasteiger partial charge in [0.1, 0.15) is 0 Å². The van der Waals surface area contributed by atoms with E-state index in [-0.39, 0.29) is 0 Å². The van der Waals surface area contributed by atoms with Crippen molar-refractivity contribution in [2.75, 3.05) is 0 Å². The standard InChI is InChI=1S/C5H2F6O2/c6-3(7,1-12)5(10,11)4(8,9)2-13/h1-2H. The second-order valence-electron chi connectivity index (χ2n) is 2.06. The highest BCUT2D eigenvalue weighted by Crippen LogP contribution is 2.43. The maximum atomic E-state index is 12.0. The lowest BCUT2D eigenvalue weighted by molar-refractivity contribution is -0.276. The minimum atomic E-state index is -6.01. The topological polar surface area (TPSA) is 34.1 Å². The molecule has 0 bridgehead atoms. The Morgan fingerprint density at radius 3 is 1.08 bits per heavy atom. The van der Waals surface area contributed by atoms with Crippen LogP contribution in [0.2, 0.25) is 0 Å². The molecule has 8 heteroatoms. The molecule has 0 unspecified atom stereocenters. The van der Waals surface area contributed by atoms with Crippen molar-refractivity contribution < 1.29 is 35.9 Å². The van der Waals surface area contributed by atoms with Gasteiger partial charge in [0, 0.05) is 0 Å². The summed E-state index contributed by atoms with van der Waals surface area (Å²) in [4.78, 5) is 18.7. The van der Waals surface area contributed by atoms with Crippen LogP contribution in [0.1, 0.15) is 0 Å². The van der Waals surface area contributed by atoms with Crippen LogP contribution in [0.4, 0.5) is 26.3 Å². The number of carbonyl (C=O) groups is 2. The van der Waals surface area contributed by atoms with Crippen LogP contribution in [0.25, 0.3) is 0 Å². The Labute approximate surface area is 67.5 Å². The van der Waals surface area contributed by atoms with Gasteiger partial charge < -0.3 is 0 Å². The van der Waals surface area contributed by atoms with Crippen molar-refractivity contribution in [1.82, 2.24) is 0 Å². The second kappa shape index (κ2) is 3.00. The van der Waals surface area contributed by atoms with Crippen LogP contribution in [-0.2, 0) is 9.59 Å². The zero-order chi connectivity index (χ0) is 10.9. The lowest BCUT2D eigenvalue weighted by Crippen LogP contribution is -2.55. The molecule has 0 aliphatic rings. The summed E-state index contributed by atoms with van der Waals surface area (Å²) in [7, 11) is 0. The van der Waals surface area contributed by atoms with Gasteiger partial charge in [0.25, 0.3) is 0 Å². The summed E-state index contributed by atoms with van der Waals surface area (Å²) >= 11 is 0. The Bertz CT molecular complexity index is 201. The predicted molar refractivity (Wildman–Crippen MR) is 27.0 cm³/mol. The van der Waals surface area contributed by atoms with E-state index in [9.17, 15) is 35.9 Å². The van der Waals surface area contributed by atoms with Gasteiger partial charge in [-0.05, 0) is 0 Å². The number of carbonyl (C=O) groups excluding carboxylic acids is 2. The molecule has 0 saturated carbocycles. The van der Waals surface area contributed by atoms with Crippen LogP contribution in [-0.4, -0.2) is 30.3 Å². The Balaban J connectivity index is 5.18. The molecule has 0 N–H and O–H groups in total. The van der Waals surface area contributed by atoms with E-state index in [0.717, 1.165) is 0 Å². The van der Waals surface area contributed by atoms with Gasteiger partial charge in [-0.3, -0.25) is 9.59 Å². The molecule has 13 heavy (non-hydrogen) atoms. The molecule has 76 valence electrons. The summed E-state index contributed by atoms with van der Waals surface area (Å²) < 4.78 is 71.5. The minimum Gasteiger partial charge on any atom is -0.296 e. The summed E-state index contributed by atoms with van der Waals surface area (Å²) in [5.74, 6) is -17.2. The fraction of sp³-hybridized carbons (Fsp3) is 0.600. The highest BCUT2D eigenvalue weighted by Gasteiger charge is 2.72.